The fraction of sp³-hybridized carbons (Fsp3) is 0.0588. The number of hydrogen-bond acceptors (Lipinski definition) is 7. The molecule has 0 saturated carbocycles. The fourth-order valence-electron chi connectivity index (χ4n) is 2.44. The minimum absolute atomic E-state index is 0.0747. The number of nitrogens with one attached hydrogen (secondary N) is 1. The minimum Gasteiger partial charge on any atom is -0.443 e. The van der Waals surface area contributed by atoms with Gasteiger partial charge in [-0.3, -0.25) is 9.59 Å². The molecule has 1 aromatic heterocycles. The van der Waals surface area contributed by atoms with E-state index in [2.05, 4.69) is 0 Å². The summed E-state index contributed by atoms with van der Waals surface area (Å²) in [7, 11) is -4.85. The van der Waals surface area contributed by atoms with Gasteiger partial charge in [-0.25, -0.2) is 23.1 Å². The molecule has 0 unspecified atom stereocenters. The molecule has 0 atom stereocenters. The highest BCUT2D eigenvalue weighted by Gasteiger charge is 2.27. The highest BCUT2D eigenvalue weighted by molar-refractivity contribution is 7.90. The Kier molecular flexibility index (Phi) is 6.86. The lowest BCUT2D eigenvalue weighted by atomic mass is 10.2. The second-order valence-electron chi connectivity index (χ2n) is 5.97. The molecule has 0 spiro atoms. The highest BCUT2D eigenvalue weighted by Crippen LogP contribution is 2.29. The zero-order chi connectivity index (χ0) is 23.8. The van der Waals surface area contributed by atoms with Gasteiger partial charge in [0.2, 0.25) is 0 Å². The van der Waals surface area contributed by atoms with Crippen molar-refractivity contribution in [3.05, 3.63) is 93.2 Å². The Hall–Kier alpha value is -2.57. The number of benzene rings is 2. The van der Waals surface area contributed by atoms with Gasteiger partial charge in [0.15, 0.2) is 0 Å². The number of carbonyl (C=O) groups is 1. The van der Waals surface area contributed by atoms with E-state index in [9.17, 15) is 27.6 Å². The van der Waals surface area contributed by atoms with Crippen LogP contribution in [-0.2, 0) is 21.4 Å². The SMILES string of the molecule is O=C(OCc1cc(Cl)c(Cl)cc1Cl)n1[nH]c(=O)n(S(=O)(=O)c2ccccc2Cl)c(=O)c1=O. The van der Waals surface area contributed by atoms with Crippen molar-refractivity contribution in [2.45, 2.75) is 11.5 Å². The van der Waals surface area contributed by atoms with Gasteiger partial charge in [-0.15, -0.1) is 8.65 Å². The number of carbonyl (C=O) groups excluding carboxylic acids is 1. The lowest BCUT2D eigenvalue weighted by Gasteiger charge is -2.10. The largest absolute Gasteiger partial charge is 0.443 e. The number of rotatable bonds is 4. The van der Waals surface area contributed by atoms with Gasteiger partial charge in [0.1, 0.15) is 11.5 Å². The number of halogens is 4. The second kappa shape index (κ2) is 9.12. The van der Waals surface area contributed by atoms with E-state index in [4.69, 9.17) is 51.1 Å². The van der Waals surface area contributed by atoms with Crippen molar-refractivity contribution in [3.8, 4) is 0 Å². The number of H-pyrrole nitrogens is 1. The molecule has 32 heavy (non-hydrogen) atoms. The predicted octanol–water partition coefficient (Wildman–Crippen LogP) is 2.73. The Balaban J connectivity index is 1.99. The fourth-order valence-corrected chi connectivity index (χ4v) is 4.81. The third-order valence-electron chi connectivity index (χ3n) is 3.94. The highest BCUT2D eigenvalue weighted by atomic mass is 35.5. The normalized spacial score (nSPS) is 11.4. The third-order valence-corrected chi connectivity index (χ3v) is 7.18. The molecule has 1 heterocycles. The van der Waals surface area contributed by atoms with Crippen LogP contribution in [0.1, 0.15) is 5.56 Å². The monoisotopic (exact) mass is 539 g/mol. The quantitative estimate of drug-likeness (QED) is 0.396. The lowest BCUT2D eigenvalue weighted by molar-refractivity contribution is 0.135. The molecule has 0 fully saturated rings. The molecule has 3 aromatic rings. The third kappa shape index (κ3) is 4.48. The van der Waals surface area contributed by atoms with Crippen LogP contribution in [0.2, 0.25) is 20.1 Å². The van der Waals surface area contributed by atoms with Gasteiger partial charge in [-0.05, 0) is 24.3 Å². The molecule has 0 aliphatic rings. The van der Waals surface area contributed by atoms with Crippen LogP contribution in [0.5, 0.6) is 0 Å². The molecule has 168 valence electrons. The van der Waals surface area contributed by atoms with Crippen molar-refractivity contribution >= 4 is 62.5 Å². The van der Waals surface area contributed by atoms with Crippen LogP contribution in [0.3, 0.4) is 0 Å². The Morgan fingerprint density at radius 2 is 1.53 bits per heavy atom. The molecule has 0 saturated heterocycles. The molecule has 10 nitrogen and oxygen atoms in total. The van der Waals surface area contributed by atoms with Crippen LogP contribution >= 0.6 is 46.4 Å². The van der Waals surface area contributed by atoms with E-state index in [1.54, 1.807) is 5.10 Å². The first-order valence-electron chi connectivity index (χ1n) is 8.24. The summed E-state index contributed by atoms with van der Waals surface area (Å²) in [5.41, 5.74) is -4.90. The van der Waals surface area contributed by atoms with E-state index in [1.807, 2.05) is 0 Å². The van der Waals surface area contributed by atoms with Crippen LogP contribution < -0.4 is 16.8 Å². The van der Waals surface area contributed by atoms with Crippen molar-refractivity contribution in [3.63, 3.8) is 0 Å². The number of aromatic nitrogens is 3. The maximum Gasteiger partial charge on any atom is 0.436 e. The molecule has 0 bridgehead atoms. The molecule has 0 radical (unpaired) electrons. The number of aromatic amines is 1. The number of nitrogens with zero attached hydrogens (tertiary/aromatic N) is 2. The summed E-state index contributed by atoms with van der Waals surface area (Å²) >= 11 is 23.5. The van der Waals surface area contributed by atoms with Gasteiger partial charge in [0, 0.05) is 10.6 Å². The molecular formula is C17H9Cl4N3O7S. The van der Waals surface area contributed by atoms with Crippen molar-refractivity contribution in [1.82, 2.24) is 13.8 Å². The summed E-state index contributed by atoms with van der Waals surface area (Å²) in [6, 6.07) is 7.56. The smallest absolute Gasteiger partial charge is 0.436 e. The lowest BCUT2D eigenvalue weighted by Crippen LogP contribution is -2.54. The van der Waals surface area contributed by atoms with E-state index in [-0.39, 0.29) is 34.3 Å². The molecule has 3 rings (SSSR count). The Morgan fingerprint density at radius 3 is 2.19 bits per heavy atom. The maximum atomic E-state index is 12.7. The summed E-state index contributed by atoms with van der Waals surface area (Å²) < 4.78 is 29.8. The van der Waals surface area contributed by atoms with E-state index in [1.165, 1.54) is 30.3 Å². The minimum atomic E-state index is -4.85. The van der Waals surface area contributed by atoms with E-state index >= 15 is 0 Å². The standard InChI is InChI=1S/C17H9Cl4N3O7S/c18-9-3-1-2-4-13(9)32(29,30)24-15(26)14(25)23(22-16(24)27)17(28)31-7-8-5-11(20)12(21)6-10(8)19/h1-6H,7H2,(H,22,27). The molecule has 0 aliphatic heterocycles. The number of hydrogen-bond donors (Lipinski definition) is 1. The van der Waals surface area contributed by atoms with Crippen LogP contribution in [0.25, 0.3) is 0 Å². The average Bonchev–Trinajstić information content (AvgIpc) is 2.72. The van der Waals surface area contributed by atoms with E-state index in [0.717, 1.165) is 6.07 Å². The van der Waals surface area contributed by atoms with Crippen LogP contribution in [0.4, 0.5) is 4.79 Å². The molecule has 15 heteroatoms. The average molecular weight is 541 g/mol. The van der Waals surface area contributed by atoms with Crippen LogP contribution in [0.15, 0.2) is 55.7 Å². The summed E-state index contributed by atoms with van der Waals surface area (Å²) in [5.74, 6) is 0. The molecule has 0 aliphatic carbocycles. The predicted molar refractivity (Wildman–Crippen MR) is 117 cm³/mol. The van der Waals surface area contributed by atoms with Gasteiger partial charge in [-0.2, -0.15) is 0 Å². The second-order valence-corrected chi connectivity index (χ2v) is 9.36. The van der Waals surface area contributed by atoms with Crippen LogP contribution in [0, 0.1) is 0 Å². The summed E-state index contributed by atoms with van der Waals surface area (Å²) in [6.07, 6.45) is -1.48. The van der Waals surface area contributed by atoms with Gasteiger partial charge in [0.25, 0.3) is 10.0 Å². The van der Waals surface area contributed by atoms with Crippen molar-refractivity contribution in [2.75, 3.05) is 0 Å². The van der Waals surface area contributed by atoms with Crippen molar-refractivity contribution in [1.29, 1.82) is 0 Å². The Bertz CT molecular complexity index is 1530. The van der Waals surface area contributed by atoms with E-state index < -0.39 is 44.4 Å². The number of ether oxygens (including phenoxy) is 1. The van der Waals surface area contributed by atoms with Crippen molar-refractivity contribution < 1.29 is 17.9 Å². The zero-order valence-electron chi connectivity index (χ0n) is 15.3. The summed E-state index contributed by atoms with van der Waals surface area (Å²) in [6.45, 7) is -0.510. The summed E-state index contributed by atoms with van der Waals surface area (Å²) in [4.78, 5) is 48.7. The van der Waals surface area contributed by atoms with Crippen LogP contribution in [-0.4, -0.2) is 28.3 Å². The summed E-state index contributed by atoms with van der Waals surface area (Å²) in [5, 5.41) is 1.75. The molecule has 0 amide bonds. The first-order chi connectivity index (χ1) is 14.9. The molecular weight excluding hydrogens is 532 g/mol. The van der Waals surface area contributed by atoms with Gasteiger partial charge in [-0.1, -0.05) is 58.5 Å². The topological polar surface area (TPSA) is 137 Å². The van der Waals surface area contributed by atoms with Gasteiger partial charge < -0.3 is 4.74 Å². The zero-order valence-corrected chi connectivity index (χ0v) is 19.2. The first-order valence-corrected chi connectivity index (χ1v) is 11.2. The molecule has 2 aromatic carbocycles. The van der Waals surface area contributed by atoms with Crippen molar-refractivity contribution in [2.24, 2.45) is 0 Å². The first kappa shape index (κ1) is 24.1. The Labute approximate surface area is 198 Å². The van der Waals surface area contributed by atoms with Gasteiger partial charge >= 0.3 is 22.9 Å². The molecule has 1 N–H and O–H groups in total. The Morgan fingerprint density at radius 1 is 0.906 bits per heavy atom. The maximum absolute atomic E-state index is 12.7. The van der Waals surface area contributed by atoms with E-state index in [0.29, 0.717) is 0 Å². The van der Waals surface area contributed by atoms with Gasteiger partial charge in [0.05, 0.1) is 15.1 Å².